The van der Waals surface area contributed by atoms with Crippen LogP contribution in [0.25, 0.3) is 0 Å². The van der Waals surface area contributed by atoms with Crippen molar-refractivity contribution in [1.29, 1.82) is 0 Å². The molecule has 0 bridgehead atoms. The van der Waals surface area contributed by atoms with Crippen molar-refractivity contribution in [2.45, 2.75) is 19.9 Å². The minimum atomic E-state index is -0.0000383. The van der Waals surface area contributed by atoms with Crippen molar-refractivity contribution in [1.82, 2.24) is 10.2 Å². The van der Waals surface area contributed by atoms with E-state index in [1.807, 2.05) is 56.3 Å². The van der Waals surface area contributed by atoms with Gasteiger partial charge in [0.25, 0.3) is 0 Å². The fourth-order valence-electron chi connectivity index (χ4n) is 3.47. The van der Waals surface area contributed by atoms with Crippen molar-refractivity contribution < 1.29 is 9.53 Å². The molecule has 1 atom stereocenters. The van der Waals surface area contributed by atoms with Crippen LogP contribution in [0.15, 0.2) is 53.0 Å². The number of halogens is 1. The fourth-order valence-corrected chi connectivity index (χ4v) is 3.73. The predicted molar refractivity (Wildman–Crippen MR) is 117 cm³/mol. The highest BCUT2D eigenvalue weighted by atomic mass is 79.9. The number of amides is 1. The maximum Gasteiger partial charge on any atom is 0.234 e. The molecule has 0 aliphatic carbocycles. The van der Waals surface area contributed by atoms with Crippen LogP contribution in [0, 0.1) is 0 Å². The van der Waals surface area contributed by atoms with Crippen LogP contribution < -0.4 is 15.0 Å². The van der Waals surface area contributed by atoms with Crippen molar-refractivity contribution in [3.05, 3.63) is 58.6 Å². The summed E-state index contributed by atoms with van der Waals surface area (Å²) in [4.78, 5) is 17.0. The van der Waals surface area contributed by atoms with Crippen LogP contribution in [0.5, 0.6) is 5.75 Å². The first-order valence-corrected chi connectivity index (χ1v) is 10.6. The number of ether oxygens (including phenoxy) is 1. The Labute approximate surface area is 175 Å². The van der Waals surface area contributed by atoms with Crippen molar-refractivity contribution in [2.24, 2.45) is 0 Å². The number of rotatable bonds is 7. The molecule has 1 aliphatic heterocycles. The first-order chi connectivity index (χ1) is 13.6. The van der Waals surface area contributed by atoms with Gasteiger partial charge in [0.05, 0.1) is 24.9 Å². The second kappa shape index (κ2) is 9.94. The van der Waals surface area contributed by atoms with Gasteiger partial charge in [-0.3, -0.25) is 9.69 Å². The Bertz CT molecular complexity index is 774. The third-order valence-corrected chi connectivity index (χ3v) is 5.52. The lowest BCUT2D eigenvalue weighted by Gasteiger charge is -2.36. The van der Waals surface area contributed by atoms with Gasteiger partial charge in [0.15, 0.2) is 0 Å². The molecule has 2 aromatic rings. The number of carbonyl (C=O) groups excluding carboxylic acids is 1. The fraction of sp³-hybridized carbons (Fsp3) is 0.409. The van der Waals surface area contributed by atoms with E-state index in [1.54, 1.807) is 0 Å². The highest BCUT2D eigenvalue weighted by molar-refractivity contribution is 9.10. The van der Waals surface area contributed by atoms with Crippen molar-refractivity contribution in [3.63, 3.8) is 0 Å². The average Bonchev–Trinajstić information content (AvgIpc) is 2.70. The van der Waals surface area contributed by atoms with Gasteiger partial charge >= 0.3 is 0 Å². The third kappa shape index (κ3) is 5.49. The Kier molecular flexibility index (Phi) is 7.34. The Morgan fingerprint density at radius 2 is 1.79 bits per heavy atom. The van der Waals surface area contributed by atoms with E-state index in [0.717, 1.165) is 47.7 Å². The molecule has 3 rings (SSSR count). The van der Waals surface area contributed by atoms with Gasteiger partial charge in [-0.15, -0.1) is 0 Å². The van der Waals surface area contributed by atoms with Crippen LogP contribution in [0.2, 0.25) is 0 Å². The normalized spacial score (nSPS) is 15.9. The largest absolute Gasteiger partial charge is 0.492 e. The van der Waals surface area contributed by atoms with E-state index in [9.17, 15) is 4.79 Å². The first-order valence-electron chi connectivity index (χ1n) is 9.80. The number of piperazine rings is 1. The maximum atomic E-state index is 12.5. The molecule has 6 heteroatoms. The lowest BCUT2D eigenvalue weighted by atomic mass is 10.1. The van der Waals surface area contributed by atoms with Gasteiger partial charge in [-0.2, -0.15) is 0 Å². The van der Waals surface area contributed by atoms with E-state index >= 15 is 0 Å². The Hall–Kier alpha value is -2.05. The van der Waals surface area contributed by atoms with Crippen LogP contribution in [-0.4, -0.2) is 50.1 Å². The standard InChI is InChI=1S/C22H28BrN3O2/c1-3-28-21-7-5-4-6-20(21)26-14-12-25(13-15-26)16-22(27)24-17(2)18-8-10-19(23)11-9-18/h4-11,17H,3,12-16H2,1-2H3,(H,24,27)/t17-/m1/s1. The molecule has 0 saturated carbocycles. The second-order valence-electron chi connectivity index (χ2n) is 7.00. The number of hydrogen-bond acceptors (Lipinski definition) is 4. The Morgan fingerprint density at radius 3 is 2.46 bits per heavy atom. The minimum Gasteiger partial charge on any atom is -0.492 e. The van der Waals surface area contributed by atoms with Gasteiger partial charge in [-0.05, 0) is 43.7 Å². The maximum absolute atomic E-state index is 12.5. The summed E-state index contributed by atoms with van der Waals surface area (Å²) in [6.45, 7) is 8.61. The van der Waals surface area contributed by atoms with Crippen LogP contribution in [0.3, 0.4) is 0 Å². The van der Waals surface area contributed by atoms with Crippen molar-refractivity contribution >= 4 is 27.5 Å². The van der Waals surface area contributed by atoms with E-state index < -0.39 is 0 Å². The van der Waals surface area contributed by atoms with Gasteiger partial charge in [0, 0.05) is 30.7 Å². The highest BCUT2D eigenvalue weighted by Crippen LogP contribution is 2.28. The molecule has 1 N–H and O–H groups in total. The predicted octanol–water partition coefficient (Wildman–Crippen LogP) is 3.85. The lowest BCUT2D eigenvalue weighted by Crippen LogP contribution is -2.49. The van der Waals surface area contributed by atoms with Crippen LogP contribution in [0.4, 0.5) is 5.69 Å². The summed E-state index contributed by atoms with van der Waals surface area (Å²) in [7, 11) is 0. The zero-order valence-electron chi connectivity index (χ0n) is 16.5. The van der Waals surface area contributed by atoms with Crippen LogP contribution in [0.1, 0.15) is 25.5 Å². The van der Waals surface area contributed by atoms with Gasteiger partial charge in [-0.1, -0.05) is 40.2 Å². The molecule has 0 unspecified atom stereocenters. The molecule has 28 heavy (non-hydrogen) atoms. The highest BCUT2D eigenvalue weighted by Gasteiger charge is 2.21. The molecule has 150 valence electrons. The van der Waals surface area contributed by atoms with Gasteiger partial charge in [0.1, 0.15) is 5.75 Å². The molecular formula is C22H28BrN3O2. The number of nitrogens with one attached hydrogen (secondary N) is 1. The molecule has 1 fully saturated rings. The molecule has 2 aromatic carbocycles. The summed E-state index contributed by atoms with van der Waals surface area (Å²) in [6.07, 6.45) is 0. The van der Waals surface area contributed by atoms with Crippen molar-refractivity contribution in [2.75, 3.05) is 44.2 Å². The summed E-state index contributed by atoms with van der Waals surface area (Å²) >= 11 is 3.44. The number of para-hydroxylation sites is 2. The topological polar surface area (TPSA) is 44.8 Å². The number of nitrogens with zero attached hydrogens (tertiary/aromatic N) is 2. The summed E-state index contributed by atoms with van der Waals surface area (Å²) in [5.41, 5.74) is 2.24. The molecule has 0 spiro atoms. The van der Waals surface area contributed by atoms with Crippen LogP contribution in [-0.2, 0) is 4.79 Å². The number of carbonyl (C=O) groups is 1. The Balaban J connectivity index is 1.49. The number of benzene rings is 2. The molecule has 1 saturated heterocycles. The van der Waals surface area contributed by atoms with E-state index in [-0.39, 0.29) is 11.9 Å². The van der Waals surface area contributed by atoms with E-state index in [1.165, 1.54) is 0 Å². The van der Waals surface area contributed by atoms with Gasteiger partial charge < -0.3 is 15.0 Å². The van der Waals surface area contributed by atoms with E-state index in [0.29, 0.717) is 13.2 Å². The molecule has 1 heterocycles. The summed E-state index contributed by atoms with van der Waals surface area (Å²) in [5, 5.41) is 3.10. The quantitative estimate of drug-likeness (QED) is 0.702. The minimum absolute atomic E-state index is 0.0000383. The average molecular weight is 446 g/mol. The third-order valence-electron chi connectivity index (χ3n) is 4.99. The number of anilines is 1. The van der Waals surface area contributed by atoms with Crippen LogP contribution >= 0.6 is 15.9 Å². The Morgan fingerprint density at radius 1 is 1.11 bits per heavy atom. The zero-order chi connectivity index (χ0) is 19.9. The molecular weight excluding hydrogens is 418 g/mol. The molecule has 5 nitrogen and oxygen atoms in total. The molecule has 1 aliphatic rings. The second-order valence-corrected chi connectivity index (χ2v) is 7.92. The molecule has 1 amide bonds. The van der Waals surface area contributed by atoms with Crippen molar-refractivity contribution in [3.8, 4) is 5.75 Å². The first kappa shape index (κ1) is 20.7. The van der Waals surface area contributed by atoms with E-state index in [4.69, 9.17) is 4.74 Å². The molecule has 0 radical (unpaired) electrons. The van der Waals surface area contributed by atoms with Gasteiger partial charge in [-0.25, -0.2) is 0 Å². The lowest BCUT2D eigenvalue weighted by molar-refractivity contribution is -0.123. The summed E-state index contributed by atoms with van der Waals surface area (Å²) in [5.74, 6) is 0.998. The number of hydrogen-bond donors (Lipinski definition) is 1. The smallest absolute Gasteiger partial charge is 0.234 e. The van der Waals surface area contributed by atoms with Gasteiger partial charge in [0.2, 0.25) is 5.91 Å². The SMILES string of the molecule is CCOc1ccccc1N1CCN(CC(=O)N[C@H](C)c2ccc(Br)cc2)CC1. The van der Waals surface area contributed by atoms with E-state index in [2.05, 4.69) is 37.1 Å². The summed E-state index contributed by atoms with van der Waals surface area (Å²) < 4.78 is 6.79. The monoisotopic (exact) mass is 445 g/mol. The molecule has 0 aromatic heterocycles. The summed E-state index contributed by atoms with van der Waals surface area (Å²) in [6, 6.07) is 16.2. The zero-order valence-corrected chi connectivity index (χ0v) is 18.1.